The zero-order valence-electron chi connectivity index (χ0n) is 20.1. The number of nitrogens with one attached hydrogen (secondary N) is 1. The lowest BCUT2D eigenvalue weighted by atomic mass is 10.0. The van der Waals surface area contributed by atoms with Crippen molar-refractivity contribution in [2.45, 2.75) is 0 Å². The van der Waals surface area contributed by atoms with Crippen molar-refractivity contribution in [3.05, 3.63) is 90.6 Å². The molecule has 0 radical (unpaired) electrons. The second kappa shape index (κ2) is 9.84. The van der Waals surface area contributed by atoms with Crippen molar-refractivity contribution in [2.24, 2.45) is 0 Å². The minimum Gasteiger partial charge on any atom is -0.495 e. The van der Waals surface area contributed by atoms with Gasteiger partial charge in [-0.05, 0) is 59.3 Å². The number of hydrogen-bond acceptors (Lipinski definition) is 6. The quantitative estimate of drug-likeness (QED) is 0.288. The van der Waals surface area contributed by atoms with E-state index < -0.39 is 0 Å². The second-order valence-electron chi connectivity index (χ2n) is 7.98. The average molecular weight is 481 g/mol. The Bertz CT molecular complexity index is 1580. The van der Waals surface area contributed by atoms with E-state index in [2.05, 4.69) is 10.3 Å². The predicted octanol–water partition coefficient (Wildman–Crippen LogP) is 6.46. The van der Waals surface area contributed by atoms with E-state index in [9.17, 15) is 4.79 Å². The van der Waals surface area contributed by atoms with Crippen LogP contribution in [0.25, 0.3) is 21.7 Å². The number of anilines is 1. The monoisotopic (exact) mass is 480 g/mol. The third-order valence-corrected chi connectivity index (χ3v) is 5.89. The summed E-state index contributed by atoms with van der Waals surface area (Å²) in [6.07, 6.45) is 1.69. The van der Waals surface area contributed by atoms with Crippen LogP contribution in [0, 0.1) is 0 Å². The molecular weight excluding hydrogens is 456 g/mol. The van der Waals surface area contributed by atoms with Crippen molar-refractivity contribution in [1.29, 1.82) is 0 Å². The van der Waals surface area contributed by atoms with Crippen LogP contribution in [0.5, 0.6) is 28.7 Å². The molecule has 0 spiro atoms. The van der Waals surface area contributed by atoms with Crippen LogP contribution in [-0.4, -0.2) is 32.2 Å². The Morgan fingerprint density at radius 1 is 0.722 bits per heavy atom. The molecule has 0 saturated heterocycles. The molecule has 5 rings (SSSR count). The SMILES string of the molecule is COc1ccccc1NC(=O)c1cccc2cc(Oc3ccnc4cc(OC)c(OC)cc34)ccc12. The Labute approximate surface area is 208 Å². The zero-order valence-corrected chi connectivity index (χ0v) is 20.1. The summed E-state index contributed by atoms with van der Waals surface area (Å²) in [4.78, 5) is 17.5. The molecule has 180 valence electrons. The van der Waals surface area contributed by atoms with E-state index in [0.29, 0.717) is 40.0 Å². The van der Waals surface area contributed by atoms with Crippen molar-refractivity contribution in [1.82, 2.24) is 4.98 Å². The van der Waals surface area contributed by atoms with E-state index in [4.69, 9.17) is 18.9 Å². The van der Waals surface area contributed by atoms with Gasteiger partial charge in [0, 0.05) is 23.2 Å². The molecule has 0 aliphatic heterocycles. The van der Waals surface area contributed by atoms with Gasteiger partial charge in [-0.2, -0.15) is 0 Å². The number of nitrogens with zero attached hydrogens (tertiary/aromatic N) is 1. The van der Waals surface area contributed by atoms with Crippen LogP contribution in [0.2, 0.25) is 0 Å². The predicted molar refractivity (Wildman–Crippen MR) is 140 cm³/mol. The summed E-state index contributed by atoms with van der Waals surface area (Å²) < 4.78 is 22.4. The van der Waals surface area contributed by atoms with Crippen LogP contribution in [0.3, 0.4) is 0 Å². The van der Waals surface area contributed by atoms with Gasteiger partial charge in [0.1, 0.15) is 17.2 Å². The van der Waals surface area contributed by atoms with E-state index in [1.54, 1.807) is 51.8 Å². The highest BCUT2D eigenvalue weighted by molar-refractivity contribution is 6.13. The number of pyridine rings is 1. The molecule has 0 bridgehead atoms. The second-order valence-corrected chi connectivity index (χ2v) is 7.98. The maximum Gasteiger partial charge on any atom is 0.256 e. The number of para-hydroxylation sites is 2. The molecule has 0 unspecified atom stereocenters. The molecule has 1 amide bonds. The molecule has 5 aromatic rings. The molecule has 0 aliphatic carbocycles. The first kappa shape index (κ1) is 23.0. The first-order valence-electron chi connectivity index (χ1n) is 11.3. The number of carbonyl (C=O) groups is 1. The molecular formula is C29H24N2O5. The van der Waals surface area contributed by atoms with E-state index >= 15 is 0 Å². The maximum atomic E-state index is 13.1. The highest BCUT2D eigenvalue weighted by Crippen LogP contribution is 2.37. The molecule has 0 saturated carbocycles. The first-order chi connectivity index (χ1) is 17.6. The van der Waals surface area contributed by atoms with E-state index in [1.165, 1.54) is 0 Å². The van der Waals surface area contributed by atoms with Crippen LogP contribution < -0.4 is 24.3 Å². The fourth-order valence-corrected chi connectivity index (χ4v) is 4.12. The van der Waals surface area contributed by atoms with Crippen LogP contribution in [0.1, 0.15) is 10.4 Å². The number of methoxy groups -OCH3 is 3. The van der Waals surface area contributed by atoms with Crippen LogP contribution in [0.4, 0.5) is 5.69 Å². The van der Waals surface area contributed by atoms with Gasteiger partial charge >= 0.3 is 0 Å². The summed E-state index contributed by atoms with van der Waals surface area (Å²) in [5, 5.41) is 5.41. The van der Waals surface area contributed by atoms with Crippen LogP contribution in [0.15, 0.2) is 85.1 Å². The minimum atomic E-state index is -0.222. The molecule has 0 fully saturated rings. The van der Waals surface area contributed by atoms with Crippen molar-refractivity contribution >= 4 is 33.3 Å². The third kappa shape index (κ3) is 4.34. The Morgan fingerprint density at radius 2 is 1.50 bits per heavy atom. The highest BCUT2D eigenvalue weighted by Gasteiger charge is 2.14. The molecule has 0 aliphatic rings. The molecule has 36 heavy (non-hydrogen) atoms. The third-order valence-electron chi connectivity index (χ3n) is 5.89. The summed E-state index contributed by atoms with van der Waals surface area (Å²) in [6.45, 7) is 0. The summed E-state index contributed by atoms with van der Waals surface area (Å²) in [7, 11) is 4.75. The number of rotatable bonds is 7. The lowest BCUT2D eigenvalue weighted by molar-refractivity contribution is 0.102. The summed E-state index contributed by atoms with van der Waals surface area (Å²) in [5.41, 5.74) is 1.89. The molecule has 1 N–H and O–H groups in total. The highest BCUT2D eigenvalue weighted by atomic mass is 16.5. The molecule has 0 atom stereocenters. The molecule has 1 aromatic heterocycles. The summed E-state index contributed by atoms with van der Waals surface area (Å²) in [5.74, 6) is 2.82. The molecule has 7 nitrogen and oxygen atoms in total. The van der Waals surface area contributed by atoms with Crippen molar-refractivity contribution in [3.63, 3.8) is 0 Å². The van der Waals surface area contributed by atoms with Crippen molar-refractivity contribution < 1.29 is 23.7 Å². The topological polar surface area (TPSA) is 78.9 Å². The maximum absolute atomic E-state index is 13.1. The van der Waals surface area contributed by atoms with Gasteiger partial charge in [0.05, 0.1) is 32.5 Å². The van der Waals surface area contributed by atoms with E-state index in [0.717, 1.165) is 21.7 Å². The van der Waals surface area contributed by atoms with Gasteiger partial charge < -0.3 is 24.3 Å². The zero-order chi connectivity index (χ0) is 25.1. The van der Waals surface area contributed by atoms with Gasteiger partial charge in [-0.1, -0.05) is 24.3 Å². The van der Waals surface area contributed by atoms with Crippen molar-refractivity contribution in [3.8, 4) is 28.7 Å². The molecule has 4 aromatic carbocycles. The number of hydrogen-bond donors (Lipinski definition) is 1. The number of fused-ring (bicyclic) bond motifs is 2. The molecule has 1 heterocycles. The Balaban J connectivity index is 1.47. The largest absolute Gasteiger partial charge is 0.495 e. The average Bonchev–Trinajstić information content (AvgIpc) is 2.92. The number of benzene rings is 4. The number of carbonyl (C=O) groups excluding carboxylic acids is 1. The summed E-state index contributed by atoms with van der Waals surface area (Å²) >= 11 is 0. The smallest absolute Gasteiger partial charge is 0.256 e. The van der Waals surface area contributed by atoms with Crippen LogP contribution >= 0.6 is 0 Å². The van der Waals surface area contributed by atoms with Gasteiger partial charge in [-0.25, -0.2) is 0 Å². The number of ether oxygens (including phenoxy) is 4. The fraction of sp³-hybridized carbons (Fsp3) is 0.103. The summed E-state index contributed by atoms with van der Waals surface area (Å²) in [6, 6.07) is 24.0. The van der Waals surface area contributed by atoms with Gasteiger partial charge in [0.25, 0.3) is 5.91 Å². The van der Waals surface area contributed by atoms with Gasteiger partial charge in [-0.3, -0.25) is 9.78 Å². The number of aromatic nitrogens is 1. The lowest BCUT2D eigenvalue weighted by Gasteiger charge is -2.14. The van der Waals surface area contributed by atoms with Crippen molar-refractivity contribution in [2.75, 3.05) is 26.6 Å². The first-order valence-corrected chi connectivity index (χ1v) is 11.3. The lowest BCUT2D eigenvalue weighted by Crippen LogP contribution is -2.13. The normalized spacial score (nSPS) is 10.8. The van der Waals surface area contributed by atoms with Crippen LogP contribution in [-0.2, 0) is 0 Å². The van der Waals surface area contributed by atoms with E-state index in [1.807, 2.05) is 54.6 Å². The molecule has 7 heteroatoms. The van der Waals surface area contributed by atoms with Gasteiger partial charge in [0.2, 0.25) is 0 Å². The van der Waals surface area contributed by atoms with E-state index in [-0.39, 0.29) is 5.91 Å². The van der Waals surface area contributed by atoms with Gasteiger partial charge in [-0.15, -0.1) is 0 Å². The minimum absolute atomic E-state index is 0.222. The fourth-order valence-electron chi connectivity index (χ4n) is 4.12. The Morgan fingerprint density at radius 3 is 2.31 bits per heavy atom. The Kier molecular flexibility index (Phi) is 6.28. The standard InChI is InChI=1S/C29H24N2O5/c1-33-26-10-5-4-9-23(26)31-29(32)21-8-6-7-18-15-19(11-12-20(18)21)36-25-13-14-30-24-17-28(35-3)27(34-2)16-22(24)25/h4-17H,1-3H3,(H,31,32). The number of amides is 1. The van der Waals surface area contributed by atoms with Gasteiger partial charge in [0.15, 0.2) is 11.5 Å². The Hall–Kier alpha value is -4.78.